The summed E-state index contributed by atoms with van der Waals surface area (Å²) in [5.74, 6) is 5.70. The van der Waals surface area contributed by atoms with Crippen molar-refractivity contribution >= 4 is 0 Å². The quantitative estimate of drug-likeness (QED) is 0.601. The number of ether oxygens (including phenoxy) is 1. The van der Waals surface area contributed by atoms with Crippen molar-refractivity contribution in [3.05, 3.63) is 30.1 Å². The van der Waals surface area contributed by atoms with Gasteiger partial charge in [-0.1, -0.05) is 6.07 Å². The van der Waals surface area contributed by atoms with Crippen LogP contribution >= 0.6 is 0 Å². The smallest absolute Gasteiger partial charge is 0.0872 e. The second kappa shape index (κ2) is 6.96. The highest BCUT2D eigenvalue weighted by atomic mass is 16.5. The third kappa shape index (κ3) is 3.98. The predicted octanol–water partition coefficient (Wildman–Crippen LogP) is 0.565. The fraction of sp³-hybridized carbons (Fsp3) is 0.643. The Balaban J connectivity index is 1.97. The van der Waals surface area contributed by atoms with Crippen LogP contribution in [0.4, 0.5) is 0 Å². The zero-order valence-corrected chi connectivity index (χ0v) is 11.7. The highest BCUT2D eigenvalue weighted by Gasteiger charge is 2.28. The molecular formula is C14H24N4O. The van der Waals surface area contributed by atoms with E-state index in [0.29, 0.717) is 6.04 Å². The first-order valence-electron chi connectivity index (χ1n) is 6.91. The van der Waals surface area contributed by atoms with E-state index in [9.17, 15) is 0 Å². The van der Waals surface area contributed by atoms with Crippen molar-refractivity contribution in [3.63, 3.8) is 0 Å². The second-order valence-electron chi connectivity index (χ2n) is 5.34. The van der Waals surface area contributed by atoms with Gasteiger partial charge in [-0.15, -0.1) is 0 Å². The summed E-state index contributed by atoms with van der Waals surface area (Å²) in [6.07, 6.45) is 4.63. The van der Waals surface area contributed by atoms with Gasteiger partial charge >= 0.3 is 0 Å². The van der Waals surface area contributed by atoms with Gasteiger partial charge in [0, 0.05) is 31.5 Å². The molecule has 1 aromatic heterocycles. The largest absolute Gasteiger partial charge is 0.374 e. The van der Waals surface area contributed by atoms with Crippen LogP contribution in [-0.2, 0) is 11.2 Å². The van der Waals surface area contributed by atoms with Crippen LogP contribution in [0, 0.1) is 0 Å². The summed E-state index contributed by atoms with van der Waals surface area (Å²) in [6, 6.07) is 4.68. The van der Waals surface area contributed by atoms with Crippen molar-refractivity contribution in [2.45, 2.75) is 38.5 Å². The number of nitrogens with two attached hydrogens (primary N) is 1. The Morgan fingerprint density at radius 1 is 1.58 bits per heavy atom. The number of hydrazine groups is 1. The molecule has 2 unspecified atom stereocenters. The first-order valence-corrected chi connectivity index (χ1v) is 6.91. The van der Waals surface area contributed by atoms with E-state index in [1.165, 1.54) is 5.56 Å². The number of hydrogen-bond donors (Lipinski definition) is 2. The van der Waals surface area contributed by atoms with E-state index >= 15 is 0 Å². The molecule has 0 aliphatic carbocycles. The van der Waals surface area contributed by atoms with E-state index in [0.717, 1.165) is 26.1 Å². The topological polar surface area (TPSA) is 63.4 Å². The number of nitrogens with zero attached hydrogens (tertiary/aromatic N) is 2. The van der Waals surface area contributed by atoms with Crippen molar-refractivity contribution in [3.8, 4) is 0 Å². The fourth-order valence-electron chi connectivity index (χ4n) is 2.48. The molecule has 0 aromatic carbocycles. The number of morpholine rings is 1. The summed E-state index contributed by atoms with van der Waals surface area (Å²) in [4.78, 5) is 6.57. The van der Waals surface area contributed by atoms with Gasteiger partial charge in [-0.25, -0.2) is 0 Å². The Morgan fingerprint density at radius 3 is 3.05 bits per heavy atom. The van der Waals surface area contributed by atoms with Crippen LogP contribution in [0.15, 0.2) is 24.5 Å². The lowest BCUT2D eigenvalue weighted by Gasteiger charge is -2.38. The maximum Gasteiger partial charge on any atom is 0.0872 e. The molecule has 0 radical (unpaired) electrons. The van der Waals surface area contributed by atoms with Gasteiger partial charge in [0.15, 0.2) is 0 Å². The summed E-state index contributed by atoms with van der Waals surface area (Å²) < 4.78 is 5.88. The van der Waals surface area contributed by atoms with Gasteiger partial charge in [0.25, 0.3) is 0 Å². The number of rotatable bonds is 5. The van der Waals surface area contributed by atoms with Crippen molar-refractivity contribution in [1.82, 2.24) is 15.3 Å². The molecule has 106 valence electrons. The highest BCUT2D eigenvalue weighted by Crippen LogP contribution is 2.14. The first-order chi connectivity index (χ1) is 9.20. The third-order valence-corrected chi connectivity index (χ3v) is 3.70. The van der Waals surface area contributed by atoms with Crippen LogP contribution in [0.3, 0.4) is 0 Å². The average Bonchev–Trinajstić information content (AvgIpc) is 2.46. The predicted molar refractivity (Wildman–Crippen MR) is 75.5 cm³/mol. The lowest BCUT2D eigenvalue weighted by atomic mass is 10.0. The lowest BCUT2D eigenvalue weighted by Crippen LogP contribution is -2.56. The molecule has 1 aliphatic heterocycles. The van der Waals surface area contributed by atoms with Gasteiger partial charge in [-0.2, -0.15) is 0 Å². The van der Waals surface area contributed by atoms with Crippen LogP contribution in [0.2, 0.25) is 0 Å². The monoisotopic (exact) mass is 264 g/mol. The number of nitrogens with one attached hydrogen (secondary N) is 1. The molecule has 1 fully saturated rings. The standard InChI is InChI=1S/C14H24N4O/c1-11(2)18-6-7-19-14(10-18)13(17-15)8-12-4-3-5-16-9-12/h3-5,9,11,13-14,17H,6-8,10,15H2,1-2H3. The van der Waals surface area contributed by atoms with Crippen LogP contribution in [0.1, 0.15) is 19.4 Å². The Bertz CT molecular complexity index is 371. The van der Waals surface area contributed by atoms with E-state index in [2.05, 4.69) is 35.2 Å². The average molecular weight is 264 g/mol. The number of pyridine rings is 1. The van der Waals surface area contributed by atoms with Crippen LogP contribution in [-0.4, -0.2) is 47.8 Å². The summed E-state index contributed by atoms with van der Waals surface area (Å²) in [6.45, 7) is 7.13. The van der Waals surface area contributed by atoms with Gasteiger partial charge in [-0.3, -0.25) is 21.2 Å². The van der Waals surface area contributed by atoms with Crippen molar-refractivity contribution in [2.75, 3.05) is 19.7 Å². The van der Waals surface area contributed by atoms with E-state index in [1.807, 2.05) is 12.3 Å². The molecule has 19 heavy (non-hydrogen) atoms. The molecule has 3 N–H and O–H groups in total. The Kier molecular flexibility index (Phi) is 5.27. The van der Waals surface area contributed by atoms with Crippen LogP contribution < -0.4 is 11.3 Å². The van der Waals surface area contributed by atoms with Gasteiger partial charge in [0.05, 0.1) is 18.8 Å². The molecule has 2 rings (SSSR count). The van der Waals surface area contributed by atoms with E-state index in [-0.39, 0.29) is 12.1 Å². The minimum atomic E-state index is 0.116. The Labute approximate surface area is 115 Å². The molecule has 0 amide bonds. The minimum absolute atomic E-state index is 0.116. The molecule has 1 saturated heterocycles. The lowest BCUT2D eigenvalue weighted by molar-refractivity contribution is -0.0552. The summed E-state index contributed by atoms with van der Waals surface area (Å²) in [5, 5.41) is 0. The van der Waals surface area contributed by atoms with Gasteiger partial charge < -0.3 is 4.74 Å². The van der Waals surface area contributed by atoms with Crippen molar-refractivity contribution in [1.29, 1.82) is 0 Å². The first kappa shape index (κ1) is 14.4. The molecule has 0 spiro atoms. The van der Waals surface area contributed by atoms with E-state index in [4.69, 9.17) is 10.6 Å². The number of hydrogen-bond acceptors (Lipinski definition) is 5. The zero-order chi connectivity index (χ0) is 13.7. The maximum atomic E-state index is 5.88. The molecule has 2 atom stereocenters. The number of aromatic nitrogens is 1. The van der Waals surface area contributed by atoms with Gasteiger partial charge in [0.1, 0.15) is 0 Å². The fourth-order valence-corrected chi connectivity index (χ4v) is 2.48. The normalized spacial score (nSPS) is 22.6. The molecule has 0 saturated carbocycles. The van der Waals surface area contributed by atoms with Crippen molar-refractivity contribution < 1.29 is 4.74 Å². The molecule has 5 nitrogen and oxygen atoms in total. The van der Waals surface area contributed by atoms with Gasteiger partial charge in [-0.05, 0) is 31.9 Å². The maximum absolute atomic E-state index is 5.88. The summed E-state index contributed by atoms with van der Waals surface area (Å²) in [7, 11) is 0. The highest BCUT2D eigenvalue weighted by molar-refractivity contribution is 5.11. The molecule has 5 heteroatoms. The molecule has 1 aromatic rings. The van der Waals surface area contributed by atoms with Crippen LogP contribution in [0.25, 0.3) is 0 Å². The Morgan fingerprint density at radius 2 is 2.42 bits per heavy atom. The third-order valence-electron chi connectivity index (χ3n) is 3.70. The van der Waals surface area contributed by atoms with E-state index < -0.39 is 0 Å². The van der Waals surface area contributed by atoms with Crippen molar-refractivity contribution in [2.24, 2.45) is 5.84 Å². The molecule has 0 bridgehead atoms. The van der Waals surface area contributed by atoms with Gasteiger partial charge in [0.2, 0.25) is 0 Å². The summed E-state index contributed by atoms with van der Waals surface area (Å²) in [5.41, 5.74) is 4.08. The second-order valence-corrected chi connectivity index (χ2v) is 5.34. The Hall–Kier alpha value is -1.01. The minimum Gasteiger partial charge on any atom is -0.374 e. The van der Waals surface area contributed by atoms with Crippen LogP contribution in [0.5, 0.6) is 0 Å². The summed E-state index contributed by atoms with van der Waals surface area (Å²) >= 11 is 0. The molecule has 1 aliphatic rings. The van der Waals surface area contributed by atoms with E-state index in [1.54, 1.807) is 6.20 Å². The zero-order valence-electron chi connectivity index (χ0n) is 11.7. The molecule has 2 heterocycles. The molecular weight excluding hydrogens is 240 g/mol. The SMILES string of the molecule is CC(C)N1CCOC(C(Cc2cccnc2)NN)C1.